The molecule has 0 saturated heterocycles. The zero-order chi connectivity index (χ0) is 18.8. The summed E-state index contributed by atoms with van der Waals surface area (Å²) in [6, 6.07) is 0. The Hall–Kier alpha value is -0.610. The normalized spacial score (nSPS) is 30.8. The van der Waals surface area contributed by atoms with Crippen molar-refractivity contribution in [2.75, 3.05) is 27.1 Å². The van der Waals surface area contributed by atoms with E-state index in [4.69, 9.17) is 0 Å². The second kappa shape index (κ2) is 7.33. The molecule has 1 aliphatic rings. The third kappa shape index (κ3) is 3.80. The lowest BCUT2D eigenvalue weighted by Gasteiger charge is -2.39. The average molecular weight is 370 g/mol. The lowest BCUT2D eigenvalue weighted by atomic mass is 9.86. The van der Waals surface area contributed by atoms with Crippen LogP contribution in [0.5, 0.6) is 0 Å². The molecule has 0 N–H and O–H groups in total. The molecule has 1 aliphatic carbocycles. The fourth-order valence-corrected chi connectivity index (χ4v) is 3.17. The Bertz CT molecular complexity index is 408. The molecular weight excluding hydrogens is 349 g/mol. The van der Waals surface area contributed by atoms with Crippen LogP contribution in [0.25, 0.3) is 0 Å². The van der Waals surface area contributed by atoms with E-state index in [-0.39, 0.29) is 26.6 Å². The van der Waals surface area contributed by atoms with Crippen molar-refractivity contribution >= 4 is 0 Å². The van der Waals surface area contributed by atoms with Crippen LogP contribution in [-0.4, -0.2) is 50.7 Å². The maximum absolute atomic E-state index is 14.5. The Kier molecular flexibility index (Phi) is 6.54. The van der Waals surface area contributed by atoms with Gasteiger partial charge in [0.1, 0.15) is 6.79 Å². The van der Waals surface area contributed by atoms with Gasteiger partial charge in [-0.25, -0.2) is 17.6 Å². The fourth-order valence-electron chi connectivity index (χ4n) is 3.17. The molecule has 0 aromatic rings. The van der Waals surface area contributed by atoms with Crippen molar-refractivity contribution in [1.29, 1.82) is 0 Å². The first kappa shape index (κ1) is 21.4. The van der Waals surface area contributed by atoms with E-state index in [1.165, 1.54) is 14.0 Å². The van der Waals surface area contributed by atoms with Crippen molar-refractivity contribution in [3.63, 3.8) is 0 Å². The quantitative estimate of drug-likeness (QED) is 0.363. The van der Waals surface area contributed by atoms with Crippen LogP contribution in [0.15, 0.2) is 0 Å². The van der Waals surface area contributed by atoms with Crippen molar-refractivity contribution in [3.8, 4) is 0 Å². The molecule has 144 valence electrons. The summed E-state index contributed by atoms with van der Waals surface area (Å²) in [7, 11) is 1.31. The SMILES string of the molecule is CCC1CC(OCOCCOC)(C(F)(F)F)C(F)(F)C1C(C)(F)F. The summed E-state index contributed by atoms with van der Waals surface area (Å²) in [4.78, 5) is 0. The second-order valence-corrected chi connectivity index (χ2v) is 5.92. The highest BCUT2D eigenvalue weighted by Gasteiger charge is 2.81. The fraction of sp³-hybridized carbons (Fsp3) is 1.00. The molecule has 0 spiro atoms. The molecule has 0 bridgehead atoms. The lowest BCUT2D eigenvalue weighted by Crippen LogP contribution is -2.61. The molecule has 0 amide bonds. The Balaban J connectivity index is 3.14. The maximum Gasteiger partial charge on any atom is 0.423 e. The highest BCUT2D eigenvalue weighted by atomic mass is 19.4. The second-order valence-electron chi connectivity index (χ2n) is 5.92. The van der Waals surface area contributed by atoms with Gasteiger partial charge in [-0.05, 0) is 19.3 Å². The van der Waals surface area contributed by atoms with Crippen LogP contribution < -0.4 is 0 Å². The summed E-state index contributed by atoms with van der Waals surface area (Å²) in [5.74, 6) is -13.1. The molecule has 3 nitrogen and oxygen atoms in total. The molecule has 24 heavy (non-hydrogen) atoms. The van der Waals surface area contributed by atoms with Crippen molar-refractivity contribution < 1.29 is 44.9 Å². The summed E-state index contributed by atoms with van der Waals surface area (Å²) in [5.41, 5.74) is -4.00. The van der Waals surface area contributed by atoms with Crippen LogP contribution in [0.2, 0.25) is 0 Å². The highest BCUT2D eigenvalue weighted by molar-refractivity contribution is 5.14. The molecule has 0 aromatic heterocycles. The molecule has 10 heteroatoms. The zero-order valence-electron chi connectivity index (χ0n) is 13.6. The van der Waals surface area contributed by atoms with Crippen LogP contribution in [0.3, 0.4) is 0 Å². The molecule has 0 aliphatic heterocycles. The molecule has 3 unspecified atom stereocenters. The predicted octanol–water partition coefficient (Wildman–Crippen LogP) is 4.26. The maximum atomic E-state index is 14.5. The van der Waals surface area contributed by atoms with E-state index in [1.807, 2.05) is 0 Å². The number of halogens is 7. The van der Waals surface area contributed by atoms with E-state index < -0.39 is 48.7 Å². The molecule has 0 heterocycles. The zero-order valence-corrected chi connectivity index (χ0v) is 13.6. The third-order valence-electron chi connectivity index (χ3n) is 4.30. The summed E-state index contributed by atoms with van der Waals surface area (Å²) >= 11 is 0. The van der Waals surface area contributed by atoms with Crippen LogP contribution >= 0.6 is 0 Å². The van der Waals surface area contributed by atoms with E-state index in [1.54, 1.807) is 0 Å². The van der Waals surface area contributed by atoms with Crippen molar-refractivity contribution in [3.05, 3.63) is 0 Å². The predicted molar refractivity (Wildman–Crippen MR) is 70.0 cm³/mol. The minimum Gasteiger partial charge on any atom is -0.382 e. The number of rotatable bonds is 8. The van der Waals surface area contributed by atoms with E-state index in [9.17, 15) is 30.7 Å². The molecule has 1 fully saturated rings. The molecular formula is C14H21F7O3. The molecule has 0 radical (unpaired) electrons. The van der Waals surface area contributed by atoms with Crippen molar-refractivity contribution in [2.45, 2.75) is 50.3 Å². The number of hydrogen-bond donors (Lipinski definition) is 0. The smallest absolute Gasteiger partial charge is 0.382 e. The van der Waals surface area contributed by atoms with Crippen LogP contribution in [0.1, 0.15) is 26.7 Å². The number of ether oxygens (including phenoxy) is 3. The number of hydrogen-bond acceptors (Lipinski definition) is 3. The van der Waals surface area contributed by atoms with Gasteiger partial charge in [0.05, 0.1) is 19.1 Å². The average Bonchev–Trinajstić information content (AvgIpc) is 2.65. The Morgan fingerprint density at radius 3 is 2.04 bits per heavy atom. The number of methoxy groups -OCH3 is 1. The van der Waals surface area contributed by atoms with Gasteiger partial charge in [0.25, 0.3) is 11.8 Å². The van der Waals surface area contributed by atoms with E-state index in [0.29, 0.717) is 0 Å². The van der Waals surface area contributed by atoms with Gasteiger partial charge in [0.2, 0.25) is 5.60 Å². The third-order valence-corrected chi connectivity index (χ3v) is 4.30. The minimum absolute atomic E-state index is 0.0199. The molecule has 3 atom stereocenters. The molecule has 1 saturated carbocycles. The largest absolute Gasteiger partial charge is 0.423 e. The van der Waals surface area contributed by atoms with Gasteiger partial charge in [-0.2, -0.15) is 13.2 Å². The summed E-state index contributed by atoms with van der Waals surface area (Å²) in [5, 5.41) is 0. The topological polar surface area (TPSA) is 27.7 Å². The molecule has 0 aromatic carbocycles. The first-order chi connectivity index (χ1) is 10.8. The Morgan fingerprint density at radius 2 is 1.67 bits per heavy atom. The van der Waals surface area contributed by atoms with Crippen molar-refractivity contribution in [2.24, 2.45) is 11.8 Å². The van der Waals surface area contributed by atoms with Crippen molar-refractivity contribution in [1.82, 2.24) is 0 Å². The molecule has 1 rings (SSSR count). The highest BCUT2D eigenvalue weighted by Crippen LogP contribution is 2.63. The summed E-state index contributed by atoms with van der Waals surface area (Å²) in [6.07, 6.45) is -7.04. The van der Waals surface area contributed by atoms with Gasteiger partial charge >= 0.3 is 6.18 Å². The van der Waals surface area contributed by atoms with Gasteiger partial charge in [-0.1, -0.05) is 13.3 Å². The van der Waals surface area contributed by atoms with E-state index >= 15 is 0 Å². The van der Waals surface area contributed by atoms with Gasteiger partial charge in [0, 0.05) is 7.11 Å². The summed E-state index contributed by atoms with van der Waals surface area (Å²) in [6.45, 7) is 0.236. The van der Waals surface area contributed by atoms with Gasteiger partial charge in [-0.3, -0.25) is 0 Å². The first-order valence-corrected chi connectivity index (χ1v) is 7.38. The number of alkyl halides is 7. The standard InChI is InChI=1S/C14H21F7O3/c1-4-9-7-12(14(19,20)21,24-8-23-6-5-22-3)13(17,18)10(9)11(2,15)16/h9-10H,4-8H2,1-3H3. The van der Waals surface area contributed by atoms with Gasteiger partial charge < -0.3 is 14.2 Å². The summed E-state index contributed by atoms with van der Waals surface area (Å²) < 4.78 is 110. The van der Waals surface area contributed by atoms with Crippen LogP contribution in [0.4, 0.5) is 30.7 Å². The van der Waals surface area contributed by atoms with E-state index in [0.717, 1.165) is 0 Å². The van der Waals surface area contributed by atoms with Crippen LogP contribution in [0, 0.1) is 11.8 Å². The van der Waals surface area contributed by atoms with Crippen LogP contribution in [-0.2, 0) is 14.2 Å². The Labute approximate surface area is 135 Å². The minimum atomic E-state index is -5.53. The Morgan fingerprint density at radius 1 is 1.08 bits per heavy atom. The van der Waals surface area contributed by atoms with E-state index in [2.05, 4.69) is 14.2 Å². The first-order valence-electron chi connectivity index (χ1n) is 7.38. The lowest BCUT2D eigenvalue weighted by molar-refractivity contribution is -0.363. The monoisotopic (exact) mass is 370 g/mol. The van der Waals surface area contributed by atoms with Gasteiger partial charge in [0.15, 0.2) is 0 Å². The van der Waals surface area contributed by atoms with Gasteiger partial charge in [-0.15, -0.1) is 0 Å².